The molecule has 3 rings (SSSR count). The van der Waals surface area contributed by atoms with E-state index in [0.717, 1.165) is 18.4 Å². The standard InChI is InChI=1S/C13H15NO3/c14-10-3-1-9(2-4-10)13(5-6-13)12(15)17-11-7-16-8-11/h1-4,11H,5-8,14H2. The van der Waals surface area contributed by atoms with E-state index in [0.29, 0.717) is 18.9 Å². The molecule has 1 saturated heterocycles. The molecule has 1 aliphatic heterocycles. The second-order valence-electron chi connectivity index (χ2n) is 4.77. The highest BCUT2D eigenvalue weighted by atomic mass is 16.6. The lowest BCUT2D eigenvalue weighted by Gasteiger charge is -2.27. The summed E-state index contributed by atoms with van der Waals surface area (Å²) in [6, 6.07) is 7.49. The fourth-order valence-corrected chi connectivity index (χ4v) is 2.08. The zero-order valence-electron chi connectivity index (χ0n) is 9.52. The quantitative estimate of drug-likeness (QED) is 0.630. The van der Waals surface area contributed by atoms with Crippen molar-refractivity contribution in [2.24, 2.45) is 0 Å². The molecule has 1 aromatic rings. The number of benzene rings is 1. The largest absolute Gasteiger partial charge is 0.457 e. The number of carbonyl (C=O) groups excluding carboxylic acids is 1. The summed E-state index contributed by atoms with van der Waals surface area (Å²) < 4.78 is 10.4. The van der Waals surface area contributed by atoms with E-state index in [-0.39, 0.29) is 12.1 Å². The number of hydrogen-bond donors (Lipinski definition) is 1. The van der Waals surface area contributed by atoms with Crippen molar-refractivity contribution in [3.63, 3.8) is 0 Å². The summed E-state index contributed by atoms with van der Waals surface area (Å²) in [6.45, 7) is 1.06. The summed E-state index contributed by atoms with van der Waals surface area (Å²) in [6.07, 6.45) is 1.68. The molecular formula is C13H15NO3. The maximum Gasteiger partial charge on any atom is 0.317 e. The summed E-state index contributed by atoms with van der Waals surface area (Å²) in [7, 11) is 0. The van der Waals surface area contributed by atoms with Gasteiger partial charge in [-0.15, -0.1) is 0 Å². The van der Waals surface area contributed by atoms with Gasteiger partial charge in [0, 0.05) is 5.69 Å². The van der Waals surface area contributed by atoms with Crippen LogP contribution in [0.1, 0.15) is 18.4 Å². The van der Waals surface area contributed by atoms with E-state index in [2.05, 4.69) is 0 Å². The Labute approximate surface area is 99.7 Å². The van der Waals surface area contributed by atoms with E-state index in [4.69, 9.17) is 15.2 Å². The molecule has 1 saturated carbocycles. The maximum atomic E-state index is 12.1. The van der Waals surface area contributed by atoms with Crippen molar-refractivity contribution in [1.29, 1.82) is 0 Å². The molecule has 2 fully saturated rings. The molecule has 2 N–H and O–H groups in total. The predicted molar refractivity (Wildman–Crippen MR) is 62.5 cm³/mol. The predicted octanol–water partition coefficient (Wildman–Crippen LogP) is 1.24. The van der Waals surface area contributed by atoms with Crippen LogP contribution >= 0.6 is 0 Å². The number of nitrogens with two attached hydrogens (primary N) is 1. The lowest BCUT2D eigenvalue weighted by atomic mass is 9.96. The second-order valence-corrected chi connectivity index (χ2v) is 4.77. The molecule has 0 amide bonds. The van der Waals surface area contributed by atoms with Crippen molar-refractivity contribution in [3.8, 4) is 0 Å². The third-order valence-electron chi connectivity index (χ3n) is 3.49. The molecule has 4 nitrogen and oxygen atoms in total. The van der Waals surface area contributed by atoms with Crippen LogP contribution in [-0.2, 0) is 19.7 Å². The van der Waals surface area contributed by atoms with Crippen LogP contribution in [0.3, 0.4) is 0 Å². The van der Waals surface area contributed by atoms with Gasteiger partial charge in [-0.3, -0.25) is 4.79 Å². The van der Waals surface area contributed by atoms with Crippen LogP contribution in [0, 0.1) is 0 Å². The number of nitrogen functional groups attached to an aromatic ring is 1. The van der Waals surface area contributed by atoms with Crippen LogP contribution in [0.15, 0.2) is 24.3 Å². The van der Waals surface area contributed by atoms with Crippen LogP contribution in [0.25, 0.3) is 0 Å². The van der Waals surface area contributed by atoms with Gasteiger partial charge >= 0.3 is 5.97 Å². The van der Waals surface area contributed by atoms with Crippen molar-refractivity contribution in [2.75, 3.05) is 18.9 Å². The molecule has 1 aliphatic carbocycles. The number of ether oxygens (including phenoxy) is 2. The molecule has 1 heterocycles. The van der Waals surface area contributed by atoms with Crippen molar-refractivity contribution in [1.82, 2.24) is 0 Å². The number of rotatable bonds is 3. The molecule has 17 heavy (non-hydrogen) atoms. The number of esters is 1. The Bertz CT molecular complexity index is 432. The average molecular weight is 233 g/mol. The third kappa shape index (κ3) is 1.78. The molecule has 0 radical (unpaired) electrons. The van der Waals surface area contributed by atoms with E-state index in [1.54, 1.807) is 0 Å². The fourth-order valence-electron chi connectivity index (χ4n) is 2.08. The molecular weight excluding hydrogens is 218 g/mol. The number of hydrogen-bond acceptors (Lipinski definition) is 4. The summed E-state index contributed by atoms with van der Waals surface area (Å²) in [5.74, 6) is -0.115. The number of anilines is 1. The average Bonchev–Trinajstić information content (AvgIpc) is 3.05. The first kappa shape index (κ1) is 10.6. The Kier molecular flexibility index (Phi) is 2.33. The fraction of sp³-hybridized carbons (Fsp3) is 0.462. The zero-order chi connectivity index (χ0) is 11.9. The van der Waals surface area contributed by atoms with E-state index >= 15 is 0 Å². The normalized spacial score (nSPS) is 21.6. The number of carbonyl (C=O) groups is 1. The van der Waals surface area contributed by atoms with Crippen LogP contribution in [0.5, 0.6) is 0 Å². The van der Waals surface area contributed by atoms with E-state index in [1.807, 2.05) is 24.3 Å². The Morgan fingerprint density at radius 2 is 1.94 bits per heavy atom. The van der Waals surface area contributed by atoms with Crippen molar-refractivity contribution >= 4 is 11.7 Å². The van der Waals surface area contributed by atoms with Gasteiger partial charge in [0.15, 0.2) is 0 Å². The SMILES string of the molecule is Nc1ccc(C2(C(=O)OC3COC3)CC2)cc1. The first-order chi connectivity index (χ1) is 8.21. The van der Waals surface area contributed by atoms with Gasteiger partial charge in [-0.2, -0.15) is 0 Å². The highest BCUT2D eigenvalue weighted by Gasteiger charge is 2.53. The van der Waals surface area contributed by atoms with Crippen LogP contribution in [0.4, 0.5) is 5.69 Å². The smallest absolute Gasteiger partial charge is 0.317 e. The lowest BCUT2D eigenvalue weighted by molar-refractivity contribution is -0.175. The van der Waals surface area contributed by atoms with Crippen LogP contribution in [-0.4, -0.2) is 25.3 Å². The highest BCUT2D eigenvalue weighted by molar-refractivity contribution is 5.87. The monoisotopic (exact) mass is 233 g/mol. The first-order valence-electron chi connectivity index (χ1n) is 5.85. The molecule has 4 heteroatoms. The molecule has 0 spiro atoms. The molecule has 0 aromatic heterocycles. The minimum atomic E-state index is -0.413. The van der Waals surface area contributed by atoms with Crippen LogP contribution < -0.4 is 5.73 Å². The van der Waals surface area contributed by atoms with E-state index in [1.165, 1.54) is 0 Å². The molecule has 0 bridgehead atoms. The summed E-state index contributed by atoms with van der Waals surface area (Å²) in [5, 5.41) is 0. The highest BCUT2D eigenvalue weighted by Crippen LogP contribution is 2.49. The van der Waals surface area contributed by atoms with Crippen molar-refractivity contribution < 1.29 is 14.3 Å². The van der Waals surface area contributed by atoms with Crippen LogP contribution in [0.2, 0.25) is 0 Å². The Balaban J connectivity index is 1.76. The topological polar surface area (TPSA) is 61.6 Å². The lowest BCUT2D eigenvalue weighted by Crippen LogP contribution is -2.40. The second kappa shape index (κ2) is 3.74. The van der Waals surface area contributed by atoms with Crippen molar-refractivity contribution in [2.45, 2.75) is 24.4 Å². The Morgan fingerprint density at radius 1 is 1.29 bits per heavy atom. The van der Waals surface area contributed by atoms with Gasteiger partial charge in [0.25, 0.3) is 0 Å². The summed E-state index contributed by atoms with van der Waals surface area (Å²) in [5.41, 5.74) is 6.96. The minimum absolute atomic E-state index is 0.0474. The van der Waals surface area contributed by atoms with E-state index in [9.17, 15) is 4.79 Å². The minimum Gasteiger partial charge on any atom is -0.457 e. The molecule has 0 unspecified atom stereocenters. The van der Waals surface area contributed by atoms with Gasteiger partial charge in [0.2, 0.25) is 0 Å². The van der Waals surface area contributed by atoms with Gasteiger partial charge in [0.05, 0.1) is 18.6 Å². The van der Waals surface area contributed by atoms with Gasteiger partial charge in [-0.25, -0.2) is 0 Å². The van der Waals surface area contributed by atoms with Crippen molar-refractivity contribution in [3.05, 3.63) is 29.8 Å². The van der Waals surface area contributed by atoms with Gasteiger partial charge < -0.3 is 15.2 Å². The molecule has 1 aromatic carbocycles. The summed E-state index contributed by atoms with van der Waals surface area (Å²) >= 11 is 0. The van der Waals surface area contributed by atoms with Gasteiger partial charge in [-0.1, -0.05) is 12.1 Å². The zero-order valence-corrected chi connectivity index (χ0v) is 9.52. The van der Waals surface area contributed by atoms with E-state index < -0.39 is 5.41 Å². The first-order valence-corrected chi connectivity index (χ1v) is 5.85. The Morgan fingerprint density at radius 3 is 2.41 bits per heavy atom. The van der Waals surface area contributed by atoms with Gasteiger partial charge in [0.1, 0.15) is 6.10 Å². The molecule has 90 valence electrons. The van der Waals surface area contributed by atoms with Gasteiger partial charge in [-0.05, 0) is 30.5 Å². The molecule has 0 atom stereocenters. The Hall–Kier alpha value is -1.55. The molecule has 2 aliphatic rings. The third-order valence-corrected chi connectivity index (χ3v) is 3.49. The maximum absolute atomic E-state index is 12.1. The summed E-state index contributed by atoms with van der Waals surface area (Å²) in [4.78, 5) is 12.1.